The highest BCUT2D eigenvalue weighted by Crippen LogP contribution is 2.15. The fourth-order valence-electron chi connectivity index (χ4n) is 2.96. The van der Waals surface area contributed by atoms with Gasteiger partial charge in [-0.05, 0) is 23.3 Å². The first-order valence-corrected chi connectivity index (χ1v) is 9.97. The molecule has 162 valence electrons. The van der Waals surface area contributed by atoms with E-state index in [4.69, 9.17) is 4.74 Å². The Morgan fingerprint density at radius 1 is 0.719 bits per heavy atom. The SMILES string of the molecule is O=C(COC(=O)C(NC(=O)c1ccccc1)c1ccccc1)NC(=O)Cc1ccccc1. The van der Waals surface area contributed by atoms with E-state index in [1.807, 2.05) is 6.07 Å². The fraction of sp³-hybridized carbons (Fsp3) is 0.120. The van der Waals surface area contributed by atoms with Crippen molar-refractivity contribution < 1.29 is 23.9 Å². The highest BCUT2D eigenvalue weighted by molar-refractivity contribution is 5.98. The van der Waals surface area contributed by atoms with E-state index in [0.29, 0.717) is 11.1 Å². The van der Waals surface area contributed by atoms with Crippen LogP contribution in [0.4, 0.5) is 0 Å². The maximum Gasteiger partial charge on any atom is 0.333 e. The van der Waals surface area contributed by atoms with Crippen LogP contribution in [0, 0.1) is 0 Å². The van der Waals surface area contributed by atoms with Crippen LogP contribution < -0.4 is 10.6 Å². The molecule has 2 N–H and O–H groups in total. The topological polar surface area (TPSA) is 102 Å². The number of carbonyl (C=O) groups is 4. The van der Waals surface area contributed by atoms with Gasteiger partial charge in [-0.3, -0.25) is 19.7 Å². The van der Waals surface area contributed by atoms with E-state index >= 15 is 0 Å². The van der Waals surface area contributed by atoms with Crippen molar-refractivity contribution in [3.63, 3.8) is 0 Å². The quantitative estimate of drug-likeness (QED) is 0.535. The number of rotatable bonds is 8. The summed E-state index contributed by atoms with van der Waals surface area (Å²) in [6, 6.07) is 24.8. The van der Waals surface area contributed by atoms with Crippen molar-refractivity contribution in [2.24, 2.45) is 0 Å². The zero-order chi connectivity index (χ0) is 22.8. The van der Waals surface area contributed by atoms with E-state index < -0.39 is 36.3 Å². The highest BCUT2D eigenvalue weighted by atomic mass is 16.5. The monoisotopic (exact) mass is 430 g/mol. The lowest BCUT2D eigenvalue weighted by Gasteiger charge is -2.18. The summed E-state index contributed by atoms with van der Waals surface area (Å²) < 4.78 is 5.09. The molecule has 0 aliphatic heterocycles. The molecular formula is C25H22N2O5. The predicted octanol–water partition coefficient (Wildman–Crippen LogP) is 2.59. The van der Waals surface area contributed by atoms with Gasteiger partial charge in [-0.1, -0.05) is 78.9 Å². The predicted molar refractivity (Wildman–Crippen MR) is 117 cm³/mol. The van der Waals surface area contributed by atoms with E-state index in [-0.39, 0.29) is 6.42 Å². The summed E-state index contributed by atoms with van der Waals surface area (Å²) in [6.07, 6.45) is 0.0281. The molecule has 0 saturated carbocycles. The van der Waals surface area contributed by atoms with Gasteiger partial charge in [-0.15, -0.1) is 0 Å². The molecule has 1 unspecified atom stereocenters. The van der Waals surface area contributed by atoms with Gasteiger partial charge < -0.3 is 10.1 Å². The Kier molecular flexibility index (Phi) is 7.86. The second kappa shape index (κ2) is 11.2. The first-order chi connectivity index (χ1) is 15.5. The smallest absolute Gasteiger partial charge is 0.333 e. The van der Waals surface area contributed by atoms with Crippen LogP contribution in [0.1, 0.15) is 27.5 Å². The van der Waals surface area contributed by atoms with Crippen molar-refractivity contribution in [2.75, 3.05) is 6.61 Å². The van der Waals surface area contributed by atoms with E-state index in [9.17, 15) is 19.2 Å². The minimum Gasteiger partial charge on any atom is -0.454 e. The Balaban J connectivity index is 1.59. The van der Waals surface area contributed by atoms with Crippen LogP contribution in [0.25, 0.3) is 0 Å². The zero-order valence-corrected chi connectivity index (χ0v) is 17.2. The summed E-state index contributed by atoms with van der Waals surface area (Å²) in [5, 5.41) is 4.82. The molecule has 0 aliphatic carbocycles. The summed E-state index contributed by atoms with van der Waals surface area (Å²) in [5.41, 5.74) is 1.63. The maximum absolute atomic E-state index is 12.7. The first-order valence-electron chi connectivity index (χ1n) is 9.97. The fourth-order valence-corrected chi connectivity index (χ4v) is 2.96. The van der Waals surface area contributed by atoms with E-state index in [2.05, 4.69) is 10.6 Å². The van der Waals surface area contributed by atoms with Crippen LogP contribution in [0.2, 0.25) is 0 Å². The Morgan fingerprint density at radius 2 is 1.28 bits per heavy atom. The van der Waals surface area contributed by atoms with Gasteiger partial charge in [0.15, 0.2) is 12.6 Å². The summed E-state index contributed by atoms with van der Waals surface area (Å²) in [7, 11) is 0. The van der Waals surface area contributed by atoms with Gasteiger partial charge >= 0.3 is 5.97 Å². The van der Waals surface area contributed by atoms with Gasteiger partial charge in [0.1, 0.15) is 0 Å². The maximum atomic E-state index is 12.7. The molecule has 0 heterocycles. The first kappa shape index (κ1) is 22.4. The summed E-state index contributed by atoms with van der Waals surface area (Å²) >= 11 is 0. The molecular weight excluding hydrogens is 408 g/mol. The summed E-state index contributed by atoms with van der Waals surface area (Å²) in [4.78, 5) is 49.3. The average Bonchev–Trinajstić information content (AvgIpc) is 2.82. The molecule has 3 amide bonds. The van der Waals surface area contributed by atoms with Crippen molar-refractivity contribution in [1.82, 2.24) is 10.6 Å². The minimum atomic E-state index is -1.11. The molecule has 3 aromatic carbocycles. The molecule has 1 atom stereocenters. The van der Waals surface area contributed by atoms with Gasteiger partial charge in [-0.25, -0.2) is 4.79 Å². The normalized spacial score (nSPS) is 11.1. The van der Waals surface area contributed by atoms with E-state index in [1.165, 1.54) is 0 Å². The molecule has 0 bridgehead atoms. The van der Waals surface area contributed by atoms with E-state index in [0.717, 1.165) is 5.56 Å². The van der Waals surface area contributed by atoms with Gasteiger partial charge in [0, 0.05) is 5.56 Å². The van der Waals surface area contributed by atoms with Crippen LogP contribution in [0.5, 0.6) is 0 Å². The van der Waals surface area contributed by atoms with Crippen molar-refractivity contribution in [3.05, 3.63) is 108 Å². The molecule has 3 aromatic rings. The molecule has 7 heteroatoms. The molecule has 0 aliphatic rings. The number of esters is 1. The van der Waals surface area contributed by atoms with Gasteiger partial charge in [0.2, 0.25) is 5.91 Å². The number of carbonyl (C=O) groups excluding carboxylic acids is 4. The molecule has 0 aromatic heterocycles. The van der Waals surface area contributed by atoms with Crippen LogP contribution in [-0.4, -0.2) is 30.3 Å². The van der Waals surface area contributed by atoms with Gasteiger partial charge in [0.05, 0.1) is 6.42 Å². The number of hydrogen-bond acceptors (Lipinski definition) is 5. The second-order valence-corrected chi connectivity index (χ2v) is 6.92. The van der Waals surface area contributed by atoms with Crippen molar-refractivity contribution >= 4 is 23.7 Å². The standard InChI is InChI=1S/C25H22N2O5/c28-21(16-18-10-4-1-5-11-18)26-22(29)17-32-25(31)23(19-12-6-2-7-13-19)27-24(30)20-14-8-3-9-15-20/h1-15,23H,16-17H2,(H,27,30)(H,26,28,29). The third-order valence-electron chi connectivity index (χ3n) is 4.51. The summed E-state index contributed by atoms with van der Waals surface area (Å²) in [6.45, 7) is -0.649. The lowest BCUT2D eigenvalue weighted by Crippen LogP contribution is -2.38. The second-order valence-electron chi connectivity index (χ2n) is 6.92. The molecule has 0 radical (unpaired) electrons. The molecule has 3 rings (SSSR count). The lowest BCUT2D eigenvalue weighted by molar-refractivity contribution is -0.151. The van der Waals surface area contributed by atoms with Gasteiger partial charge in [-0.2, -0.15) is 0 Å². The van der Waals surface area contributed by atoms with Crippen molar-refractivity contribution in [1.29, 1.82) is 0 Å². The largest absolute Gasteiger partial charge is 0.454 e. The molecule has 0 spiro atoms. The molecule has 32 heavy (non-hydrogen) atoms. The Morgan fingerprint density at radius 3 is 1.91 bits per heavy atom. The number of amides is 3. The number of benzene rings is 3. The number of imide groups is 1. The number of nitrogens with one attached hydrogen (secondary N) is 2. The van der Waals surface area contributed by atoms with Crippen LogP contribution in [0.15, 0.2) is 91.0 Å². The van der Waals surface area contributed by atoms with Crippen LogP contribution >= 0.6 is 0 Å². The average molecular weight is 430 g/mol. The zero-order valence-electron chi connectivity index (χ0n) is 17.2. The van der Waals surface area contributed by atoms with E-state index in [1.54, 1.807) is 84.9 Å². The van der Waals surface area contributed by atoms with Crippen molar-refractivity contribution in [2.45, 2.75) is 12.5 Å². The highest BCUT2D eigenvalue weighted by Gasteiger charge is 2.25. The Hall–Kier alpha value is -4.26. The summed E-state index contributed by atoms with van der Waals surface area (Å²) in [5.74, 6) is -2.53. The number of ether oxygens (including phenoxy) is 1. The number of hydrogen-bond donors (Lipinski definition) is 2. The van der Waals surface area contributed by atoms with Crippen molar-refractivity contribution in [3.8, 4) is 0 Å². The third kappa shape index (κ3) is 6.63. The molecule has 0 saturated heterocycles. The Labute approximate surface area is 185 Å². The Bertz CT molecular complexity index is 1070. The minimum absolute atomic E-state index is 0.0281. The third-order valence-corrected chi connectivity index (χ3v) is 4.51. The molecule has 7 nitrogen and oxygen atoms in total. The van der Waals surface area contributed by atoms with Gasteiger partial charge in [0.25, 0.3) is 11.8 Å². The van der Waals surface area contributed by atoms with Crippen LogP contribution in [0.3, 0.4) is 0 Å². The lowest BCUT2D eigenvalue weighted by atomic mass is 10.1. The molecule has 0 fully saturated rings. The van der Waals surface area contributed by atoms with Crippen LogP contribution in [-0.2, 0) is 25.5 Å².